The molecular formula is C16H27NO2. The molecule has 0 amide bonds. The topological polar surface area (TPSA) is 30.5 Å². The summed E-state index contributed by atoms with van der Waals surface area (Å²) in [7, 11) is 1.70. The van der Waals surface area contributed by atoms with Gasteiger partial charge in [-0.25, -0.2) is 0 Å². The van der Waals surface area contributed by atoms with Crippen LogP contribution < -0.4 is 5.32 Å². The Morgan fingerprint density at radius 2 is 1.95 bits per heavy atom. The normalized spacial score (nSPS) is 12.5. The zero-order valence-electron chi connectivity index (χ0n) is 12.2. The summed E-state index contributed by atoms with van der Waals surface area (Å²) in [6.45, 7) is 5.24. The Balaban J connectivity index is 2.17. The summed E-state index contributed by atoms with van der Waals surface area (Å²) in [5.74, 6) is 0. The molecule has 1 N–H and O–H groups in total. The van der Waals surface area contributed by atoms with Crippen molar-refractivity contribution in [3.63, 3.8) is 0 Å². The molecule has 1 aromatic rings. The molecule has 0 heterocycles. The SMILES string of the molecule is CCNC(CCCc1ccccc1)COCCOC. The van der Waals surface area contributed by atoms with E-state index in [1.165, 1.54) is 12.0 Å². The van der Waals surface area contributed by atoms with E-state index < -0.39 is 0 Å². The minimum absolute atomic E-state index is 0.450. The number of aryl methyl sites for hydroxylation is 1. The Bertz CT molecular complexity index is 303. The zero-order valence-corrected chi connectivity index (χ0v) is 12.2. The average molecular weight is 265 g/mol. The standard InChI is InChI=1S/C16H27NO2/c1-3-17-16(14-19-13-12-18-2)11-7-10-15-8-5-4-6-9-15/h4-6,8-9,16-17H,3,7,10-14H2,1-2H3. The molecular weight excluding hydrogens is 238 g/mol. The van der Waals surface area contributed by atoms with Crippen molar-refractivity contribution >= 4 is 0 Å². The molecule has 0 aliphatic rings. The van der Waals surface area contributed by atoms with Crippen LogP contribution in [0.2, 0.25) is 0 Å². The van der Waals surface area contributed by atoms with Gasteiger partial charge in [0.05, 0.1) is 19.8 Å². The summed E-state index contributed by atoms with van der Waals surface area (Å²) in [6, 6.07) is 11.1. The first-order valence-corrected chi connectivity index (χ1v) is 7.20. The quantitative estimate of drug-likeness (QED) is 0.624. The molecule has 0 radical (unpaired) electrons. The van der Waals surface area contributed by atoms with Crippen LogP contribution in [-0.4, -0.2) is 39.5 Å². The van der Waals surface area contributed by atoms with Crippen molar-refractivity contribution in [3.05, 3.63) is 35.9 Å². The van der Waals surface area contributed by atoms with Crippen molar-refractivity contribution in [2.24, 2.45) is 0 Å². The van der Waals surface area contributed by atoms with Gasteiger partial charge in [-0.05, 0) is 31.4 Å². The van der Waals surface area contributed by atoms with E-state index >= 15 is 0 Å². The zero-order chi connectivity index (χ0) is 13.8. The molecule has 0 fully saturated rings. The van der Waals surface area contributed by atoms with Crippen molar-refractivity contribution in [2.75, 3.05) is 33.5 Å². The first kappa shape index (κ1) is 16.2. The van der Waals surface area contributed by atoms with E-state index in [0.717, 1.165) is 26.0 Å². The highest BCUT2D eigenvalue weighted by atomic mass is 16.5. The van der Waals surface area contributed by atoms with Crippen LogP contribution in [0.25, 0.3) is 0 Å². The molecule has 108 valence electrons. The van der Waals surface area contributed by atoms with Gasteiger partial charge in [-0.1, -0.05) is 37.3 Å². The van der Waals surface area contributed by atoms with Gasteiger partial charge in [-0.15, -0.1) is 0 Å². The maximum atomic E-state index is 5.60. The van der Waals surface area contributed by atoms with Gasteiger partial charge in [0.2, 0.25) is 0 Å². The lowest BCUT2D eigenvalue weighted by atomic mass is 10.1. The Morgan fingerprint density at radius 1 is 1.16 bits per heavy atom. The lowest BCUT2D eigenvalue weighted by Gasteiger charge is -2.18. The number of hydrogen-bond donors (Lipinski definition) is 1. The third-order valence-electron chi connectivity index (χ3n) is 3.10. The maximum absolute atomic E-state index is 5.60. The molecule has 0 saturated heterocycles. The second kappa shape index (κ2) is 11.0. The van der Waals surface area contributed by atoms with Gasteiger partial charge in [0.15, 0.2) is 0 Å². The monoisotopic (exact) mass is 265 g/mol. The predicted molar refractivity (Wildman–Crippen MR) is 79.5 cm³/mol. The van der Waals surface area contributed by atoms with Crippen LogP contribution in [0.15, 0.2) is 30.3 Å². The average Bonchev–Trinajstić information content (AvgIpc) is 2.44. The fourth-order valence-corrected chi connectivity index (χ4v) is 2.10. The molecule has 1 rings (SSSR count). The number of hydrogen-bond acceptors (Lipinski definition) is 3. The summed E-state index contributed by atoms with van der Waals surface area (Å²) in [5.41, 5.74) is 1.41. The van der Waals surface area contributed by atoms with Crippen molar-refractivity contribution in [1.29, 1.82) is 0 Å². The molecule has 0 aromatic heterocycles. The van der Waals surface area contributed by atoms with Gasteiger partial charge in [0.25, 0.3) is 0 Å². The minimum atomic E-state index is 0.450. The minimum Gasteiger partial charge on any atom is -0.382 e. The molecule has 0 bridgehead atoms. The number of benzene rings is 1. The first-order valence-electron chi connectivity index (χ1n) is 7.20. The highest BCUT2D eigenvalue weighted by Crippen LogP contribution is 2.07. The predicted octanol–water partition coefficient (Wildman–Crippen LogP) is 2.65. The van der Waals surface area contributed by atoms with Gasteiger partial charge in [-0.3, -0.25) is 0 Å². The first-order chi connectivity index (χ1) is 9.36. The maximum Gasteiger partial charge on any atom is 0.0701 e. The van der Waals surface area contributed by atoms with Crippen LogP contribution in [-0.2, 0) is 15.9 Å². The van der Waals surface area contributed by atoms with Gasteiger partial charge in [0.1, 0.15) is 0 Å². The summed E-state index contributed by atoms with van der Waals surface area (Å²) in [4.78, 5) is 0. The van der Waals surface area contributed by atoms with E-state index in [0.29, 0.717) is 19.3 Å². The molecule has 19 heavy (non-hydrogen) atoms. The molecule has 1 unspecified atom stereocenters. The van der Waals surface area contributed by atoms with E-state index in [2.05, 4.69) is 42.6 Å². The summed E-state index contributed by atoms with van der Waals surface area (Å²) in [5, 5.41) is 3.48. The van der Waals surface area contributed by atoms with Crippen LogP contribution in [0.5, 0.6) is 0 Å². The van der Waals surface area contributed by atoms with Crippen LogP contribution in [0, 0.1) is 0 Å². The van der Waals surface area contributed by atoms with Crippen molar-refractivity contribution in [3.8, 4) is 0 Å². The molecule has 1 aromatic carbocycles. The molecule has 0 saturated carbocycles. The number of ether oxygens (including phenoxy) is 2. The summed E-state index contributed by atoms with van der Waals surface area (Å²) in [6.07, 6.45) is 3.48. The number of nitrogens with one attached hydrogen (secondary N) is 1. The Hall–Kier alpha value is -0.900. The second-order valence-electron chi connectivity index (χ2n) is 4.70. The van der Waals surface area contributed by atoms with Crippen molar-refractivity contribution < 1.29 is 9.47 Å². The third kappa shape index (κ3) is 7.98. The summed E-state index contributed by atoms with van der Waals surface area (Å²) < 4.78 is 10.6. The fraction of sp³-hybridized carbons (Fsp3) is 0.625. The van der Waals surface area contributed by atoms with Crippen molar-refractivity contribution in [2.45, 2.75) is 32.2 Å². The van der Waals surface area contributed by atoms with E-state index in [1.54, 1.807) is 7.11 Å². The number of likely N-dealkylation sites (N-methyl/N-ethyl adjacent to an activating group) is 1. The molecule has 0 spiro atoms. The smallest absolute Gasteiger partial charge is 0.0701 e. The van der Waals surface area contributed by atoms with Gasteiger partial charge < -0.3 is 14.8 Å². The Labute approximate surface area is 117 Å². The van der Waals surface area contributed by atoms with E-state index in [4.69, 9.17) is 9.47 Å². The largest absolute Gasteiger partial charge is 0.382 e. The Morgan fingerprint density at radius 3 is 2.63 bits per heavy atom. The highest BCUT2D eigenvalue weighted by Gasteiger charge is 2.07. The molecule has 3 nitrogen and oxygen atoms in total. The molecule has 0 aliphatic heterocycles. The molecule has 1 atom stereocenters. The third-order valence-corrected chi connectivity index (χ3v) is 3.10. The van der Waals surface area contributed by atoms with Gasteiger partial charge in [-0.2, -0.15) is 0 Å². The Kier molecular flexibility index (Phi) is 9.33. The number of rotatable bonds is 11. The number of methoxy groups -OCH3 is 1. The van der Waals surface area contributed by atoms with Crippen molar-refractivity contribution in [1.82, 2.24) is 5.32 Å². The molecule has 0 aliphatic carbocycles. The van der Waals surface area contributed by atoms with E-state index in [9.17, 15) is 0 Å². The highest BCUT2D eigenvalue weighted by molar-refractivity contribution is 5.14. The second-order valence-corrected chi connectivity index (χ2v) is 4.70. The molecule has 3 heteroatoms. The van der Waals surface area contributed by atoms with Gasteiger partial charge >= 0.3 is 0 Å². The fourth-order valence-electron chi connectivity index (χ4n) is 2.10. The van der Waals surface area contributed by atoms with Crippen LogP contribution in [0.1, 0.15) is 25.3 Å². The van der Waals surface area contributed by atoms with Crippen LogP contribution >= 0.6 is 0 Å². The lowest BCUT2D eigenvalue weighted by molar-refractivity contribution is 0.0574. The van der Waals surface area contributed by atoms with E-state index in [-0.39, 0.29) is 0 Å². The van der Waals surface area contributed by atoms with Crippen LogP contribution in [0.3, 0.4) is 0 Å². The van der Waals surface area contributed by atoms with E-state index in [1.807, 2.05) is 0 Å². The van der Waals surface area contributed by atoms with Gasteiger partial charge in [0, 0.05) is 13.2 Å². The lowest BCUT2D eigenvalue weighted by Crippen LogP contribution is -2.33. The summed E-state index contributed by atoms with van der Waals surface area (Å²) >= 11 is 0. The van der Waals surface area contributed by atoms with Crippen LogP contribution in [0.4, 0.5) is 0 Å².